The Morgan fingerprint density at radius 1 is 1.10 bits per heavy atom. The fourth-order valence-corrected chi connectivity index (χ4v) is 2.17. The number of nitrogens with one attached hydrogen (secondary N) is 1. The molecule has 0 unspecified atom stereocenters. The number of hydroxylamine groups is 1. The molecule has 2 aromatic rings. The number of hydrogen-bond donors (Lipinski definition) is 1. The lowest BCUT2D eigenvalue weighted by atomic mass is 10.0. The summed E-state index contributed by atoms with van der Waals surface area (Å²) in [6, 6.07) is 9.41. The summed E-state index contributed by atoms with van der Waals surface area (Å²) in [5, 5.41) is 0. The molecule has 1 aromatic carbocycles. The molecular formula is C18H16F6N2O3. The number of benzene rings is 1. The number of rotatable bonds is 8. The number of carbonyl (C=O) groups is 1. The van der Waals surface area contributed by atoms with Crippen LogP contribution in [0.3, 0.4) is 0 Å². The van der Waals surface area contributed by atoms with Crippen LogP contribution in [0, 0.1) is 0 Å². The van der Waals surface area contributed by atoms with E-state index in [1.54, 1.807) is 6.07 Å². The molecule has 11 heteroatoms. The van der Waals surface area contributed by atoms with Gasteiger partial charge in [0, 0.05) is 17.2 Å². The molecule has 0 radical (unpaired) electrons. The van der Waals surface area contributed by atoms with Crippen LogP contribution in [-0.4, -0.2) is 36.0 Å². The third kappa shape index (κ3) is 6.63. The second-order valence-electron chi connectivity index (χ2n) is 5.97. The van der Waals surface area contributed by atoms with E-state index in [2.05, 4.69) is 14.6 Å². The maximum atomic E-state index is 14.3. The number of alkyl halides is 6. The quantitative estimate of drug-likeness (QED) is 0.506. The zero-order valence-corrected chi connectivity index (χ0v) is 14.9. The first-order chi connectivity index (χ1) is 13.5. The molecule has 1 heterocycles. The van der Waals surface area contributed by atoms with Gasteiger partial charge in [-0.1, -0.05) is 25.1 Å². The first kappa shape index (κ1) is 22.5. The minimum Gasteiger partial charge on any atom is -0.483 e. The first-order valence-corrected chi connectivity index (χ1v) is 8.20. The van der Waals surface area contributed by atoms with Crippen LogP contribution in [0.25, 0.3) is 0 Å². The standard InChI is InChI=1S/C18H16F6N2O3/c1-11(14-8-7-13(9-25-14)28-10-17(20,21)22)15(19)18(23,24)29-26-16(27)12-5-3-2-4-6-12/h2-9,11,15H,10H2,1H3,(H,26,27)/t11-,15-/m1/s1. The van der Waals surface area contributed by atoms with E-state index in [1.165, 1.54) is 29.7 Å². The SMILES string of the molecule is C[C@H](c1ccc(OCC(F)(F)F)cn1)[C@@H](F)C(F)(F)ONC(=O)c1ccccc1. The van der Waals surface area contributed by atoms with Gasteiger partial charge in [-0.15, -0.1) is 0 Å². The molecule has 0 fully saturated rings. The van der Waals surface area contributed by atoms with Crippen molar-refractivity contribution >= 4 is 5.91 Å². The first-order valence-electron chi connectivity index (χ1n) is 8.20. The van der Waals surface area contributed by atoms with Crippen LogP contribution < -0.4 is 10.2 Å². The lowest BCUT2D eigenvalue weighted by molar-refractivity contribution is -0.297. The molecule has 0 saturated heterocycles. The molecule has 0 aliphatic heterocycles. The molecule has 2 atom stereocenters. The van der Waals surface area contributed by atoms with Gasteiger partial charge in [0.05, 0.1) is 6.20 Å². The average molecular weight is 422 g/mol. The molecule has 0 spiro atoms. The van der Waals surface area contributed by atoms with E-state index in [0.717, 1.165) is 25.3 Å². The summed E-state index contributed by atoms with van der Waals surface area (Å²) in [7, 11) is 0. The minimum absolute atomic E-state index is 0.0304. The average Bonchev–Trinajstić information content (AvgIpc) is 2.70. The second-order valence-corrected chi connectivity index (χ2v) is 5.97. The smallest absolute Gasteiger partial charge is 0.422 e. The Morgan fingerprint density at radius 3 is 2.31 bits per heavy atom. The van der Waals surface area contributed by atoms with E-state index in [-0.39, 0.29) is 17.0 Å². The number of hydrogen-bond acceptors (Lipinski definition) is 4. The molecule has 1 aromatic heterocycles. The Morgan fingerprint density at radius 2 is 1.76 bits per heavy atom. The van der Waals surface area contributed by atoms with Crippen molar-refractivity contribution in [1.29, 1.82) is 0 Å². The fraction of sp³-hybridized carbons (Fsp3) is 0.333. The summed E-state index contributed by atoms with van der Waals surface area (Å²) in [6.45, 7) is -0.470. The van der Waals surface area contributed by atoms with Crippen molar-refractivity contribution in [2.45, 2.75) is 31.3 Å². The van der Waals surface area contributed by atoms with Crippen molar-refractivity contribution in [3.8, 4) is 5.75 Å². The zero-order valence-electron chi connectivity index (χ0n) is 14.9. The molecule has 1 amide bonds. The molecule has 29 heavy (non-hydrogen) atoms. The highest BCUT2D eigenvalue weighted by atomic mass is 19.4. The highest BCUT2D eigenvalue weighted by Gasteiger charge is 2.47. The van der Waals surface area contributed by atoms with Gasteiger partial charge in [-0.25, -0.2) is 9.87 Å². The molecule has 158 valence electrons. The number of ether oxygens (including phenoxy) is 1. The summed E-state index contributed by atoms with van der Waals surface area (Å²) in [5.74, 6) is -2.75. The normalized spacial score (nSPS) is 14.2. The number of aromatic nitrogens is 1. The third-order valence-electron chi connectivity index (χ3n) is 3.70. The van der Waals surface area contributed by atoms with E-state index in [0.29, 0.717) is 0 Å². The predicted molar refractivity (Wildman–Crippen MR) is 89.0 cm³/mol. The van der Waals surface area contributed by atoms with E-state index < -0.39 is 36.9 Å². The van der Waals surface area contributed by atoms with Crippen molar-refractivity contribution < 1.29 is 40.7 Å². The summed E-state index contributed by atoms with van der Waals surface area (Å²) < 4.78 is 83.0. The summed E-state index contributed by atoms with van der Waals surface area (Å²) in [4.78, 5) is 19.3. The molecule has 0 aliphatic rings. The van der Waals surface area contributed by atoms with Gasteiger partial charge in [0.1, 0.15) is 5.75 Å². The number of amides is 1. The molecule has 0 aliphatic carbocycles. The van der Waals surface area contributed by atoms with Gasteiger partial charge in [0.2, 0.25) is 6.17 Å². The Balaban J connectivity index is 1.96. The Labute approximate surface area is 161 Å². The van der Waals surface area contributed by atoms with Crippen molar-refractivity contribution in [3.05, 3.63) is 59.9 Å². The number of carbonyl (C=O) groups excluding carboxylic acids is 1. The molecule has 1 N–H and O–H groups in total. The maximum absolute atomic E-state index is 14.3. The van der Waals surface area contributed by atoms with Gasteiger partial charge < -0.3 is 4.74 Å². The van der Waals surface area contributed by atoms with Crippen molar-refractivity contribution in [2.75, 3.05) is 6.61 Å². The Kier molecular flexibility index (Phi) is 7.07. The van der Waals surface area contributed by atoms with Gasteiger partial charge in [-0.05, 0) is 24.3 Å². The van der Waals surface area contributed by atoms with Crippen molar-refractivity contribution in [3.63, 3.8) is 0 Å². The van der Waals surface area contributed by atoms with Gasteiger partial charge in [-0.3, -0.25) is 9.78 Å². The third-order valence-corrected chi connectivity index (χ3v) is 3.70. The number of nitrogens with zero attached hydrogens (tertiary/aromatic N) is 1. The highest BCUT2D eigenvalue weighted by Crippen LogP contribution is 2.33. The molecule has 2 rings (SSSR count). The van der Waals surface area contributed by atoms with Gasteiger partial charge in [0.15, 0.2) is 6.61 Å². The summed E-state index contributed by atoms with van der Waals surface area (Å²) in [5.41, 5.74) is 1.35. The van der Waals surface area contributed by atoms with Crippen LogP contribution in [-0.2, 0) is 4.84 Å². The summed E-state index contributed by atoms with van der Waals surface area (Å²) in [6.07, 6.45) is -11.0. The Hall–Kier alpha value is -2.82. The van der Waals surface area contributed by atoms with E-state index >= 15 is 0 Å². The highest BCUT2D eigenvalue weighted by molar-refractivity contribution is 5.93. The largest absolute Gasteiger partial charge is 0.483 e. The number of pyridine rings is 1. The monoisotopic (exact) mass is 422 g/mol. The lowest BCUT2D eigenvalue weighted by Gasteiger charge is -2.24. The van der Waals surface area contributed by atoms with Crippen LogP contribution in [0.5, 0.6) is 5.75 Å². The fourth-order valence-electron chi connectivity index (χ4n) is 2.17. The van der Waals surface area contributed by atoms with Crippen LogP contribution in [0.1, 0.15) is 28.9 Å². The second kappa shape index (κ2) is 9.12. The van der Waals surface area contributed by atoms with Gasteiger partial charge in [-0.2, -0.15) is 26.8 Å². The summed E-state index contributed by atoms with van der Waals surface area (Å²) >= 11 is 0. The van der Waals surface area contributed by atoms with Crippen molar-refractivity contribution in [1.82, 2.24) is 10.5 Å². The van der Waals surface area contributed by atoms with Crippen LogP contribution in [0.4, 0.5) is 26.3 Å². The molecular weight excluding hydrogens is 406 g/mol. The molecule has 5 nitrogen and oxygen atoms in total. The Bertz CT molecular complexity index is 799. The van der Waals surface area contributed by atoms with Gasteiger partial charge in [0.25, 0.3) is 5.91 Å². The lowest BCUT2D eigenvalue weighted by Crippen LogP contribution is -2.43. The topological polar surface area (TPSA) is 60.5 Å². The molecule has 0 saturated carbocycles. The zero-order chi connectivity index (χ0) is 21.7. The van der Waals surface area contributed by atoms with Gasteiger partial charge >= 0.3 is 12.3 Å². The molecule has 0 bridgehead atoms. The maximum Gasteiger partial charge on any atom is 0.422 e. The van der Waals surface area contributed by atoms with Crippen LogP contribution in [0.15, 0.2) is 48.7 Å². The predicted octanol–water partition coefficient (Wildman–Crippen LogP) is 4.42. The van der Waals surface area contributed by atoms with E-state index in [4.69, 9.17) is 0 Å². The van der Waals surface area contributed by atoms with Crippen LogP contribution in [0.2, 0.25) is 0 Å². The van der Waals surface area contributed by atoms with Crippen molar-refractivity contribution in [2.24, 2.45) is 0 Å². The number of halogens is 6. The van der Waals surface area contributed by atoms with E-state index in [9.17, 15) is 31.1 Å². The van der Waals surface area contributed by atoms with E-state index in [1.807, 2.05) is 0 Å². The minimum atomic E-state index is -4.56. The van der Waals surface area contributed by atoms with Crippen LogP contribution >= 0.6 is 0 Å².